The Morgan fingerprint density at radius 1 is 1.44 bits per heavy atom. The van der Waals surface area contributed by atoms with Crippen molar-refractivity contribution in [1.82, 2.24) is 0 Å². The van der Waals surface area contributed by atoms with Gasteiger partial charge in [-0.1, -0.05) is 0 Å². The molecule has 3 N–H and O–H groups in total. The molecule has 0 heterocycles. The molecule has 16 heavy (non-hydrogen) atoms. The molecule has 0 aliphatic rings. The fourth-order valence-corrected chi connectivity index (χ4v) is 1.37. The zero-order chi connectivity index (χ0) is 12.0. The summed E-state index contributed by atoms with van der Waals surface area (Å²) in [5.41, 5.74) is 5.52. The summed E-state index contributed by atoms with van der Waals surface area (Å²) in [6.07, 6.45) is -0.0886. The van der Waals surface area contributed by atoms with Crippen molar-refractivity contribution in [3.63, 3.8) is 0 Å². The molecule has 88 valence electrons. The summed E-state index contributed by atoms with van der Waals surface area (Å²) in [6.45, 7) is 0.183. The number of rotatable bonds is 6. The normalized spacial score (nSPS) is 12.1. The fraction of sp³-hybridized carbons (Fsp3) is 0.364. The number of hydrogen-bond donors (Lipinski definition) is 2. The molecule has 0 saturated carbocycles. The van der Waals surface area contributed by atoms with E-state index >= 15 is 0 Å². The van der Waals surface area contributed by atoms with Crippen LogP contribution in [0.15, 0.2) is 24.3 Å². The van der Waals surface area contributed by atoms with E-state index in [4.69, 9.17) is 22.1 Å². The summed E-state index contributed by atoms with van der Waals surface area (Å²) < 4.78 is 5.29. The molecule has 0 fully saturated rings. The molecule has 1 rings (SSSR count). The zero-order valence-electron chi connectivity index (χ0n) is 8.73. The maximum Gasteiger partial charge on any atom is 0.248 e. The van der Waals surface area contributed by atoms with Crippen LogP contribution in [0.1, 0.15) is 16.8 Å². The van der Waals surface area contributed by atoms with Crippen molar-refractivity contribution in [3.8, 4) is 5.75 Å². The first-order valence-electron chi connectivity index (χ1n) is 4.90. The Hall–Kier alpha value is -1.26. The number of amides is 1. The largest absolute Gasteiger partial charge is 0.491 e. The Bertz CT molecular complexity index is 340. The maximum absolute atomic E-state index is 10.8. The minimum absolute atomic E-state index is 0.183. The van der Waals surface area contributed by atoms with Crippen molar-refractivity contribution in [3.05, 3.63) is 29.8 Å². The van der Waals surface area contributed by atoms with E-state index in [1.54, 1.807) is 24.3 Å². The highest BCUT2D eigenvalue weighted by atomic mass is 35.5. The van der Waals surface area contributed by atoms with E-state index in [-0.39, 0.29) is 6.61 Å². The van der Waals surface area contributed by atoms with Crippen molar-refractivity contribution in [2.24, 2.45) is 5.73 Å². The van der Waals surface area contributed by atoms with E-state index in [2.05, 4.69) is 0 Å². The van der Waals surface area contributed by atoms with Gasteiger partial charge in [-0.3, -0.25) is 4.79 Å². The van der Waals surface area contributed by atoms with Gasteiger partial charge in [-0.2, -0.15) is 0 Å². The second kappa shape index (κ2) is 6.35. The van der Waals surface area contributed by atoms with Gasteiger partial charge in [0.05, 0.1) is 6.10 Å². The summed E-state index contributed by atoms with van der Waals surface area (Å²) in [4.78, 5) is 10.8. The van der Waals surface area contributed by atoms with Crippen LogP contribution in [0.2, 0.25) is 0 Å². The van der Waals surface area contributed by atoms with Gasteiger partial charge in [0.25, 0.3) is 0 Å². The first-order chi connectivity index (χ1) is 7.63. The molecule has 1 amide bonds. The van der Waals surface area contributed by atoms with Crippen LogP contribution in [0, 0.1) is 0 Å². The maximum atomic E-state index is 10.8. The number of aliphatic hydroxyl groups excluding tert-OH is 1. The quantitative estimate of drug-likeness (QED) is 0.737. The van der Waals surface area contributed by atoms with Crippen LogP contribution < -0.4 is 10.5 Å². The average Bonchev–Trinajstić information content (AvgIpc) is 2.27. The Labute approximate surface area is 99.0 Å². The van der Waals surface area contributed by atoms with Gasteiger partial charge in [0.15, 0.2) is 0 Å². The first kappa shape index (κ1) is 12.8. The number of carbonyl (C=O) groups excluding carboxylic acids is 1. The molecular formula is C11H14ClNO3. The van der Waals surface area contributed by atoms with E-state index < -0.39 is 12.0 Å². The molecule has 1 unspecified atom stereocenters. The molecule has 0 aromatic heterocycles. The van der Waals surface area contributed by atoms with Crippen molar-refractivity contribution < 1.29 is 14.6 Å². The van der Waals surface area contributed by atoms with Crippen LogP contribution in [0.4, 0.5) is 0 Å². The average molecular weight is 244 g/mol. The SMILES string of the molecule is NC(=O)c1ccc(OCC(O)CCCl)cc1. The molecule has 0 spiro atoms. The highest BCUT2D eigenvalue weighted by molar-refractivity contribution is 6.17. The van der Waals surface area contributed by atoms with Crippen LogP contribution in [-0.4, -0.2) is 29.6 Å². The minimum Gasteiger partial charge on any atom is -0.491 e. The summed E-state index contributed by atoms with van der Waals surface area (Å²) in [5, 5.41) is 9.37. The molecule has 0 saturated heterocycles. The third-order valence-electron chi connectivity index (χ3n) is 2.02. The van der Waals surface area contributed by atoms with Gasteiger partial charge in [0.1, 0.15) is 12.4 Å². The van der Waals surface area contributed by atoms with Crippen LogP contribution in [-0.2, 0) is 0 Å². The van der Waals surface area contributed by atoms with Crippen LogP contribution >= 0.6 is 11.6 Å². The van der Waals surface area contributed by atoms with Gasteiger partial charge < -0.3 is 15.6 Å². The zero-order valence-corrected chi connectivity index (χ0v) is 9.48. The molecule has 1 aromatic carbocycles. The second-order valence-electron chi connectivity index (χ2n) is 3.33. The van der Waals surface area contributed by atoms with E-state index in [0.29, 0.717) is 23.6 Å². The fourth-order valence-electron chi connectivity index (χ4n) is 1.12. The number of ether oxygens (including phenoxy) is 1. The molecule has 0 aliphatic carbocycles. The van der Waals surface area contributed by atoms with Gasteiger partial charge >= 0.3 is 0 Å². The van der Waals surface area contributed by atoms with E-state index in [9.17, 15) is 9.90 Å². The van der Waals surface area contributed by atoms with Crippen molar-refractivity contribution in [2.75, 3.05) is 12.5 Å². The number of hydrogen-bond acceptors (Lipinski definition) is 3. The molecule has 0 aliphatic heterocycles. The summed E-state index contributed by atoms with van der Waals surface area (Å²) in [5.74, 6) is 0.498. The van der Waals surface area contributed by atoms with Crippen molar-refractivity contribution in [2.45, 2.75) is 12.5 Å². The topological polar surface area (TPSA) is 72.6 Å². The predicted octanol–water partition coefficient (Wildman–Crippen LogP) is 1.15. The third-order valence-corrected chi connectivity index (χ3v) is 2.24. The summed E-state index contributed by atoms with van der Waals surface area (Å²) in [6, 6.07) is 6.41. The van der Waals surface area contributed by atoms with Crippen LogP contribution in [0.5, 0.6) is 5.75 Å². The molecule has 5 heteroatoms. The van der Waals surface area contributed by atoms with E-state index in [1.807, 2.05) is 0 Å². The second-order valence-corrected chi connectivity index (χ2v) is 3.71. The Morgan fingerprint density at radius 3 is 2.56 bits per heavy atom. The predicted molar refractivity (Wildman–Crippen MR) is 61.8 cm³/mol. The lowest BCUT2D eigenvalue weighted by atomic mass is 10.2. The highest BCUT2D eigenvalue weighted by Crippen LogP contribution is 2.12. The highest BCUT2D eigenvalue weighted by Gasteiger charge is 2.05. The van der Waals surface area contributed by atoms with Gasteiger partial charge in [-0.25, -0.2) is 0 Å². The lowest BCUT2D eigenvalue weighted by Crippen LogP contribution is -2.18. The first-order valence-corrected chi connectivity index (χ1v) is 5.43. The number of halogens is 1. The molecule has 1 aromatic rings. The van der Waals surface area contributed by atoms with E-state index in [0.717, 1.165) is 0 Å². The molecule has 0 radical (unpaired) electrons. The monoisotopic (exact) mass is 243 g/mol. The Kier molecular flexibility index (Phi) is 5.08. The summed E-state index contributed by atoms with van der Waals surface area (Å²) >= 11 is 5.47. The minimum atomic E-state index is -0.576. The number of alkyl halides is 1. The summed E-state index contributed by atoms with van der Waals surface area (Å²) in [7, 11) is 0. The Balaban J connectivity index is 2.46. The number of nitrogens with two attached hydrogens (primary N) is 1. The molecule has 0 bridgehead atoms. The van der Waals surface area contributed by atoms with Crippen molar-refractivity contribution in [1.29, 1.82) is 0 Å². The molecular weight excluding hydrogens is 230 g/mol. The van der Waals surface area contributed by atoms with Crippen molar-refractivity contribution >= 4 is 17.5 Å². The standard InChI is InChI=1S/C11H14ClNO3/c12-6-5-9(14)7-16-10-3-1-8(2-4-10)11(13)15/h1-4,9,14H,5-7H2,(H2,13,15). The smallest absolute Gasteiger partial charge is 0.248 e. The van der Waals surface area contributed by atoms with Gasteiger partial charge in [-0.05, 0) is 30.7 Å². The number of carbonyl (C=O) groups is 1. The Morgan fingerprint density at radius 2 is 2.06 bits per heavy atom. The third kappa shape index (κ3) is 4.08. The lowest BCUT2D eigenvalue weighted by molar-refractivity contribution is 0.0998. The molecule has 1 atom stereocenters. The van der Waals surface area contributed by atoms with Gasteiger partial charge in [0.2, 0.25) is 5.91 Å². The number of aliphatic hydroxyl groups is 1. The van der Waals surface area contributed by atoms with Crippen LogP contribution in [0.25, 0.3) is 0 Å². The lowest BCUT2D eigenvalue weighted by Gasteiger charge is -2.10. The van der Waals surface area contributed by atoms with Crippen LogP contribution in [0.3, 0.4) is 0 Å². The molecule has 4 nitrogen and oxygen atoms in total. The number of primary amides is 1. The van der Waals surface area contributed by atoms with Gasteiger partial charge in [-0.15, -0.1) is 11.6 Å². The number of benzene rings is 1. The van der Waals surface area contributed by atoms with Gasteiger partial charge in [0, 0.05) is 11.4 Å². The van der Waals surface area contributed by atoms with E-state index in [1.165, 1.54) is 0 Å².